The molecule has 24 nitrogen and oxygen atoms in total. The Hall–Kier alpha value is -7.40. The minimum absolute atomic E-state index is 0.0430. The van der Waals surface area contributed by atoms with Gasteiger partial charge >= 0.3 is 71.6 Å². The summed E-state index contributed by atoms with van der Waals surface area (Å²) in [6.07, 6.45) is 3.76. The summed E-state index contributed by atoms with van der Waals surface area (Å²) in [5, 5.41) is 0. The molecule has 82 heavy (non-hydrogen) atoms. The van der Waals surface area contributed by atoms with Crippen LogP contribution in [0.5, 0.6) is 0 Å². The zero-order valence-corrected chi connectivity index (χ0v) is 46.4. The van der Waals surface area contributed by atoms with Crippen molar-refractivity contribution < 1.29 is 114 Å². The lowest BCUT2D eigenvalue weighted by atomic mass is 9.75. The van der Waals surface area contributed by atoms with Gasteiger partial charge in [0.1, 0.15) is 48.8 Å². The van der Waals surface area contributed by atoms with Crippen molar-refractivity contribution in [2.75, 3.05) is 26.4 Å². The quantitative estimate of drug-likeness (QED) is 0.122. The molecule has 0 aromatic heterocycles. The van der Waals surface area contributed by atoms with Gasteiger partial charge in [0.25, 0.3) is 0 Å². The van der Waals surface area contributed by atoms with Gasteiger partial charge in [0.05, 0.1) is 22.7 Å². The molecule has 0 aromatic carbocycles. The monoisotopic (exact) mass is 1150 g/mol. The third-order valence-electron chi connectivity index (χ3n) is 19.2. The Bertz CT molecular complexity index is 2780. The van der Waals surface area contributed by atoms with Crippen LogP contribution in [0.4, 0.5) is 0 Å². The largest absolute Gasteiger partial charge is 0.458 e. The number of esters is 12. The number of ether oxygens (including phenoxy) is 12. The summed E-state index contributed by atoms with van der Waals surface area (Å²) in [4.78, 5) is 138. The molecule has 0 radical (unpaired) electrons. The number of carbonyl (C=O) groups is 12. The molecule has 22 atom stereocenters. The van der Waals surface area contributed by atoms with E-state index in [0.29, 0.717) is 12.8 Å². The summed E-state index contributed by atoms with van der Waals surface area (Å²) in [5.74, 6) is -4.36. The average molecular weight is 1150 g/mol. The second kappa shape index (κ2) is 22.7. The van der Waals surface area contributed by atoms with Crippen LogP contribution in [0.3, 0.4) is 0 Å². The van der Waals surface area contributed by atoms with Crippen molar-refractivity contribution >= 4 is 71.6 Å². The summed E-state index contributed by atoms with van der Waals surface area (Å²) >= 11 is 0. The lowest BCUT2D eigenvalue weighted by molar-refractivity contribution is -0.169. The lowest BCUT2D eigenvalue weighted by Gasteiger charge is -2.29. The van der Waals surface area contributed by atoms with Crippen molar-refractivity contribution in [3.8, 4) is 0 Å². The highest BCUT2D eigenvalue weighted by molar-refractivity contribution is 5.90. The Morgan fingerprint density at radius 3 is 1.15 bits per heavy atom. The second-order valence-electron chi connectivity index (χ2n) is 24.0. The van der Waals surface area contributed by atoms with Gasteiger partial charge < -0.3 is 56.8 Å². The van der Waals surface area contributed by atoms with Gasteiger partial charge in [0.2, 0.25) is 0 Å². The topological polar surface area (TPSA) is 316 Å². The highest BCUT2D eigenvalue weighted by atomic mass is 16.6. The minimum Gasteiger partial charge on any atom is -0.458 e. The van der Waals surface area contributed by atoms with Crippen molar-refractivity contribution in [2.45, 2.75) is 129 Å². The molecule has 0 N–H and O–H groups in total. The van der Waals surface area contributed by atoms with Gasteiger partial charge in [-0.15, -0.1) is 0 Å². The first-order chi connectivity index (χ1) is 38.7. The summed E-state index contributed by atoms with van der Waals surface area (Å²) in [5.41, 5.74) is -0.370. The highest BCUT2D eigenvalue weighted by Crippen LogP contribution is 2.64. The molecular weight excluding hydrogens is 1080 g/mol. The molecule has 24 heteroatoms. The fraction of sp³-hybridized carbons (Fsp3) is 0.655. The van der Waals surface area contributed by atoms with Crippen molar-refractivity contribution in [1.29, 1.82) is 0 Å². The Morgan fingerprint density at radius 2 is 0.817 bits per heavy atom. The molecule has 0 aromatic rings. The second-order valence-corrected chi connectivity index (χ2v) is 24.0. The van der Waals surface area contributed by atoms with E-state index in [1.165, 1.54) is 13.8 Å². The molecule has 8 aliphatic carbocycles. The predicted molar refractivity (Wildman–Crippen MR) is 270 cm³/mol. The standard InChI is InChI=1S/2C15H18O6.2C14H16O6/c1-7(2)13(17)19-6-10(16)20-11-8-4-9-12(11)21-14(18)15(9,3)5-8;1-6(2)14(17)19-5-10(16)20-12-8-4-9-11(7(8)3)15(18)21-13(9)12;1-3-9(15)18-6-10(16)19-11-7-4-8-12(11)20-13(17)14(8,2)5-7;1-3-9(15)18-5-10(16)19-12-7-4-8-11(6(7)2)14(17)20-13(8)12/h8-9,11-12H,1,4-6H2,2-3H3;7-9,11-13H,1,4-5H2,2-3H3;3,7-8,11-12H,1,4-6H2,2H3;3,6-8,11-13H,1,4-5H2,2H3. The van der Waals surface area contributed by atoms with E-state index in [-0.39, 0.29) is 130 Å². The smallest absolute Gasteiger partial charge is 0.344 e. The molecule has 12 fully saturated rings. The van der Waals surface area contributed by atoms with E-state index in [4.69, 9.17) is 47.4 Å². The molecule has 0 spiro atoms. The molecule has 22 unspecified atom stereocenters. The van der Waals surface area contributed by atoms with Gasteiger partial charge in [-0.2, -0.15) is 0 Å². The Labute approximate surface area is 471 Å². The van der Waals surface area contributed by atoms with Crippen LogP contribution < -0.4 is 0 Å². The molecule has 4 saturated heterocycles. The molecular formula is C58H68O24. The highest BCUT2D eigenvalue weighted by Gasteiger charge is 2.71. The van der Waals surface area contributed by atoms with Crippen LogP contribution in [-0.2, 0) is 114 Å². The van der Waals surface area contributed by atoms with Crippen LogP contribution >= 0.6 is 0 Å². The first-order valence-corrected chi connectivity index (χ1v) is 27.6. The average Bonchev–Trinajstić information content (AvgIpc) is 3.82. The Kier molecular flexibility index (Phi) is 16.4. The molecule has 8 bridgehead atoms. The van der Waals surface area contributed by atoms with Crippen LogP contribution in [0.2, 0.25) is 0 Å². The van der Waals surface area contributed by atoms with Crippen LogP contribution in [-0.4, -0.2) is 147 Å². The van der Waals surface area contributed by atoms with E-state index in [9.17, 15) is 57.5 Å². The van der Waals surface area contributed by atoms with Crippen LogP contribution in [0.1, 0.15) is 80.1 Å². The van der Waals surface area contributed by atoms with E-state index in [1.54, 1.807) is 0 Å². The first-order valence-electron chi connectivity index (χ1n) is 27.6. The maximum atomic E-state index is 11.9. The number of hydrogen-bond acceptors (Lipinski definition) is 24. The van der Waals surface area contributed by atoms with Crippen LogP contribution in [0.25, 0.3) is 0 Å². The Morgan fingerprint density at radius 1 is 0.488 bits per heavy atom. The van der Waals surface area contributed by atoms with Gasteiger partial charge in [0.15, 0.2) is 26.4 Å². The predicted octanol–water partition coefficient (Wildman–Crippen LogP) is 2.89. The fourth-order valence-corrected chi connectivity index (χ4v) is 15.5. The van der Waals surface area contributed by atoms with E-state index in [0.717, 1.165) is 37.8 Å². The summed E-state index contributed by atoms with van der Waals surface area (Å²) < 4.78 is 61.7. The number of rotatable bonds is 16. The summed E-state index contributed by atoms with van der Waals surface area (Å²) in [6, 6.07) is 0. The molecule has 4 heterocycles. The lowest BCUT2D eigenvalue weighted by Crippen LogP contribution is -2.40. The van der Waals surface area contributed by atoms with Crippen LogP contribution in [0.15, 0.2) is 49.6 Å². The zero-order chi connectivity index (χ0) is 59.6. The van der Waals surface area contributed by atoms with Gasteiger partial charge in [-0.1, -0.05) is 40.2 Å². The van der Waals surface area contributed by atoms with E-state index >= 15 is 0 Å². The Balaban J connectivity index is 0.000000132. The maximum absolute atomic E-state index is 11.9. The van der Waals surface area contributed by atoms with Crippen LogP contribution in [0, 0.1) is 81.8 Å². The third-order valence-corrected chi connectivity index (χ3v) is 19.2. The van der Waals surface area contributed by atoms with Crippen molar-refractivity contribution in [1.82, 2.24) is 0 Å². The number of fused-ring (bicyclic) bond motifs is 4. The third kappa shape index (κ3) is 10.7. The van der Waals surface area contributed by atoms with E-state index < -0.39 is 109 Å². The molecule has 444 valence electrons. The first kappa shape index (κ1) is 59.2. The normalized spacial score (nSPS) is 39.7. The van der Waals surface area contributed by atoms with Gasteiger partial charge in [0, 0.05) is 70.6 Å². The van der Waals surface area contributed by atoms with Crippen molar-refractivity contribution in [2.24, 2.45) is 81.8 Å². The maximum Gasteiger partial charge on any atom is 0.344 e. The number of carbonyl (C=O) groups excluding carboxylic acids is 12. The molecule has 12 aliphatic rings. The van der Waals surface area contributed by atoms with Crippen molar-refractivity contribution in [3.63, 3.8) is 0 Å². The zero-order valence-electron chi connectivity index (χ0n) is 46.4. The summed E-state index contributed by atoms with van der Waals surface area (Å²) in [7, 11) is 0. The molecule has 0 amide bonds. The van der Waals surface area contributed by atoms with Crippen molar-refractivity contribution in [3.05, 3.63) is 49.6 Å². The molecule has 8 saturated carbocycles. The van der Waals surface area contributed by atoms with Gasteiger partial charge in [-0.25, -0.2) is 38.4 Å². The SMILES string of the molecule is C=C(C)C(=O)OCC(=O)OC1C2CC3C1OC(=O)C3(C)C2.C=C(C)C(=O)OCC(=O)OC1C2CC3C1OC(=O)C3C2C.C=CC(=O)OCC(=O)OC1C2CC3C1OC(=O)C3(C)C2.C=CC(=O)OCC(=O)OC1C2CC3C1OC(=O)C3C2C. The minimum atomic E-state index is -0.672. The molecule has 12 rings (SSSR count). The molecule has 4 aliphatic heterocycles. The fourth-order valence-electron chi connectivity index (χ4n) is 15.5. The van der Waals surface area contributed by atoms with Gasteiger partial charge in [-0.05, 0) is 78.1 Å². The van der Waals surface area contributed by atoms with E-state index in [1.807, 2.05) is 27.7 Å². The summed E-state index contributed by atoms with van der Waals surface area (Å²) in [6.45, 7) is 22.4. The van der Waals surface area contributed by atoms with E-state index in [2.05, 4.69) is 35.8 Å². The van der Waals surface area contributed by atoms with Gasteiger partial charge in [-0.3, -0.25) is 19.2 Å². The number of hydrogen-bond donors (Lipinski definition) is 0.